The molecule has 1 aromatic rings. The van der Waals surface area contributed by atoms with Crippen LogP contribution in [-0.2, 0) is 21.3 Å². The molecule has 0 aromatic heterocycles. The van der Waals surface area contributed by atoms with Crippen molar-refractivity contribution in [2.45, 2.75) is 17.6 Å². The second-order valence-electron chi connectivity index (χ2n) is 6.44. The van der Waals surface area contributed by atoms with Gasteiger partial charge in [0.25, 0.3) is 0 Å². The van der Waals surface area contributed by atoms with Gasteiger partial charge in [0, 0.05) is 43.1 Å². The number of methoxy groups -OCH3 is 1. The van der Waals surface area contributed by atoms with Crippen LogP contribution in [-0.4, -0.2) is 51.8 Å². The molecule has 11 heteroatoms. The number of ether oxygens (including phenoxy) is 1. The number of primary sulfonamides is 1. The molecule has 0 amide bonds. The van der Waals surface area contributed by atoms with Crippen LogP contribution >= 0.6 is 0 Å². The molecule has 3 aliphatic heterocycles. The predicted octanol–water partition coefficient (Wildman–Crippen LogP) is 0.624. The topological polar surface area (TPSA) is 109 Å². The molecule has 0 saturated carbocycles. The fraction of sp³-hybridized carbons (Fsp3) is 0.294. The molecule has 0 radical (unpaired) electrons. The second-order valence-corrected chi connectivity index (χ2v) is 8.01. The lowest BCUT2D eigenvalue weighted by atomic mass is 10.0. The number of allylic oxidation sites excluding steroid dienone is 1. The highest BCUT2D eigenvalue weighted by atomic mass is 32.2. The zero-order valence-electron chi connectivity index (χ0n) is 14.8. The van der Waals surface area contributed by atoms with Gasteiger partial charge >= 0.3 is 0 Å². The van der Waals surface area contributed by atoms with Crippen LogP contribution in [0, 0.1) is 11.6 Å². The molecular formula is C17H17F2N5O3S. The molecule has 0 bridgehead atoms. The van der Waals surface area contributed by atoms with Gasteiger partial charge in [0.1, 0.15) is 11.6 Å². The lowest BCUT2D eigenvalue weighted by molar-refractivity contribution is 0.307. The first-order valence-electron chi connectivity index (χ1n) is 8.38. The maximum Gasteiger partial charge on any atom is 0.238 e. The van der Waals surface area contributed by atoms with E-state index >= 15 is 0 Å². The van der Waals surface area contributed by atoms with Crippen molar-refractivity contribution in [3.63, 3.8) is 0 Å². The average molecular weight is 409 g/mol. The quantitative estimate of drug-likeness (QED) is 0.761. The van der Waals surface area contributed by atoms with Gasteiger partial charge in [-0.2, -0.15) is 0 Å². The Labute approximate surface area is 160 Å². The van der Waals surface area contributed by atoms with Crippen LogP contribution in [0.2, 0.25) is 0 Å². The van der Waals surface area contributed by atoms with Crippen molar-refractivity contribution in [2.24, 2.45) is 15.1 Å². The number of nitrogens with zero attached hydrogens (tertiary/aromatic N) is 3. The minimum Gasteiger partial charge on any atom is -0.481 e. The predicted molar refractivity (Wildman–Crippen MR) is 98.0 cm³/mol. The molecule has 0 saturated heterocycles. The molecule has 8 nitrogen and oxygen atoms in total. The Balaban J connectivity index is 1.70. The van der Waals surface area contributed by atoms with Gasteiger partial charge in [-0.25, -0.2) is 27.3 Å². The van der Waals surface area contributed by atoms with E-state index in [9.17, 15) is 17.2 Å². The summed E-state index contributed by atoms with van der Waals surface area (Å²) in [5.41, 5.74) is 1.98. The molecule has 3 heterocycles. The summed E-state index contributed by atoms with van der Waals surface area (Å²) in [6.07, 6.45) is 2.92. The Hall–Kier alpha value is -2.79. The first kappa shape index (κ1) is 18.6. The lowest BCUT2D eigenvalue weighted by Crippen LogP contribution is -2.42. The van der Waals surface area contributed by atoms with Gasteiger partial charge in [0.15, 0.2) is 6.17 Å². The van der Waals surface area contributed by atoms with Crippen LogP contribution in [0.4, 0.5) is 8.78 Å². The Morgan fingerprint density at radius 1 is 1.36 bits per heavy atom. The molecule has 28 heavy (non-hydrogen) atoms. The van der Waals surface area contributed by atoms with E-state index in [2.05, 4.69) is 15.3 Å². The van der Waals surface area contributed by atoms with E-state index in [-0.39, 0.29) is 12.1 Å². The summed E-state index contributed by atoms with van der Waals surface area (Å²) in [4.78, 5) is 9.88. The van der Waals surface area contributed by atoms with Crippen molar-refractivity contribution in [3.05, 3.63) is 52.4 Å². The highest BCUT2D eigenvalue weighted by molar-refractivity contribution is 7.89. The molecule has 1 atom stereocenters. The number of halogens is 2. The van der Waals surface area contributed by atoms with Crippen molar-refractivity contribution >= 4 is 22.1 Å². The van der Waals surface area contributed by atoms with Crippen LogP contribution in [0.3, 0.4) is 0 Å². The summed E-state index contributed by atoms with van der Waals surface area (Å²) < 4.78 is 56.9. The number of hydrogen-bond donors (Lipinski definition) is 2. The Bertz CT molecular complexity index is 1060. The van der Waals surface area contributed by atoms with E-state index in [1.54, 1.807) is 12.3 Å². The summed E-state index contributed by atoms with van der Waals surface area (Å²) in [6.45, 7) is 0.942. The number of benzene rings is 1. The number of rotatable bonds is 3. The highest BCUT2D eigenvalue weighted by Crippen LogP contribution is 2.33. The zero-order chi connectivity index (χ0) is 20.1. The van der Waals surface area contributed by atoms with Crippen molar-refractivity contribution in [1.82, 2.24) is 10.2 Å². The lowest BCUT2D eigenvalue weighted by Gasteiger charge is -2.36. The molecule has 148 valence electrons. The maximum absolute atomic E-state index is 14.5. The van der Waals surface area contributed by atoms with Gasteiger partial charge in [-0.05, 0) is 12.1 Å². The molecule has 4 rings (SSSR count). The SMILES string of the molecule is COC1=NC2N=CC3=C(C2=C1)N(Cc1c(F)cc(S(N)(=O)=O)cc1F)CCN3. The minimum atomic E-state index is -4.21. The van der Waals surface area contributed by atoms with Gasteiger partial charge in [0.2, 0.25) is 15.9 Å². The van der Waals surface area contributed by atoms with E-state index in [0.29, 0.717) is 19.0 Å². The Morgan fingerprint density at radius 2 is 2.07 bits per heavy atom. The maximum atomic E-state index is 14.5. The van der Waals surface area contributed by atoms with Gasteiger partial charge in [-0.15, -0.1) is 0 Å². The third kappa shape index (κ3) is 3.16. The van der Waals surface area contributed by atoms with Crippen LogP contribution < -0.4 is 10.5 Å². The van der Waals surface area contributed by atoms with E-state index < -0.39 is 32.7 Å². The number of dihydropyridines is 1. The number of sulfonamides is 1. The number of hydrogen-bond acceptors (Lipinski definition) is 7. The van der Waals surface area contributed by atoms with Crippen molar-refractivity contribution in [1.29, 1.82) is 0 Å². The van der Waals surface area contributed by atoms with E-state index in [0.717, 1.165) is 29.1 Å². The van der Waals surface area contributed by atoms with Gasteiger partial charge < -0.3 is 15.0 Å². The zero-order valence-corrected chi connectivity index (χ0v) is 15.6. The molecular weight excluding hydrogens is 392 g/mol. The van der Waals surface area contributed by atoms with Gasteiger partial charge in [-0.1, -0.05) is 0 Å². The van der Waals surface area contributed by atoms with Crippen LogP contribution in [0.5, 0.6) is 0 Å². The van der Waals surface area contributed by atoms with E-state index in [1.807, 2.05) is 4.90 Å². The molecule has 3 N–H and O–H groups in total. The number of nitrogens with two attached hydrogens (primary N) is 1. The van der Waals surface area contributed by atoms with Gasteiger partial charge in [0.05, 0.1) is 23.4 Å². The average Bonchev–Trinajstić information content (AvgIpc) is 3.07. The highest BCUT2D eigenvalue weighted by Gasteiger charge is 2.34. The van der Waals surface area contributed by atoms with Gasteiger partial charge in [-0.3, -0.25) is 4.99 Å². The Morgan fingerprint density at radius 3 is 2.71 bits per heavy atom. The largest absolute Gasteiger partial charge is 0.481 e. The van der Waals surface area contributed by atoms with Crippen molar-refractivity contribution in [2.75, 3.05) is 20.2 Å². The summed E-state index contributed by atoms with van der Waals surface area (Å²) in [5, 5.41) is 8.18. The van der Waals surface area contributed by atoms with Crippen molar-refractivity contribution < 1.29 is 21.9 Å². The number of nitrogens with one attached hydrogen (secondary N) is 1. The monoisotopic (exact) mass is 409 g/mol. The normalized spacial score (nSPS) is 21.0. The smallest absolute Gasteiger partial charge is 0.238 e. The van der Waals surface area contributed by atoms with Crippen molar-refractivity contribution in [3.8, 4) is 0 Å². The molecule has 3 aliphatic rings. The second kappa shape index (κ2) is 6.67. The fourth-order valence-electron chi connectivity index (χ4n) is 3.38. The number of fused-ring (bicyclic) bond motifs is 2. The van der Waals surface area contributed by atoms with E-state index in [4.69, 9.17) is 9.88 Å². The standard InChI is InChI=1S/C17H17F2N5O3S/c1-27-15-6-10-16-14(7-22-17(10)23-15)21-2-3-24(16)8-11-12(18)4-9(5-13(11)19)28(20,25)26/h4-7,17,21H,2-3,8H2,1H3,(H2,20,25,26). The number of aliphatic imine (C=N–C) groups is 2. The minimum absolute atomic E-state index is 0.0940. The molecule has 1 unspecified atom stereocenters. The fourth-order valence-corrected chi connectivity index (χ4v) is 3.91. The van der Waals surface area contributed by atoms with Crippen LogP contribution in [0.15, 0.2) is 50.1 Å². The van der Waals surface area contributed by atoms with E-state index in [1.165, 1.54) is 7.11 Å². The molecule has 0 spiro atoms. The first-order chi connectivity index (χ1) is 13.3. The molecule has 0 fully saturated rings. The third-order valence-electron chi connectivity index (χ3n) is 4.69. The van der Waals surface area contributed by atoms with Crippen LogP contribution in [0.1, 0.15) is 5.56 Å². The summed E-state index contributed by atoms with van der Waals surface area (Å²) >= 11 is 0. The summed E-state index contributed by atoms with van der Waals surface area (Å²) in [5.74, 6) is -1.52. The first-order valence-corrected chi connectivity index (χ1v) is 9.93. The molecule has 0 aliphatic carbocycles. The van der Waals surface area contributed by atoms with Crippen LogP contribution in [0.25, 0.3) is 0 Å². The molecule has 1 aromatic carbocycles. The summed E-state index contributed by atoms with van der Waals surface area (Å²) in [6, 6.07) is 1.47. The summed E-state index contributed by atoms with van der Waals surface area (Å²) in [7, 11) is -2.71. The Kier molecular flexibility index (Phi) is 4.42. The third-order valence-corrected chi connectivity index (χ3v) is 5.59.